The average Bonchev–Trinajstić information content (AvgIpc) is 2.59. The van der Waals surface area contributed by atoms with E-state index in [9.17, 15) is 9.90 Å². The molecule has 0 bridgehead atoms. The molecular weight excluding hydrogens is 288 g/mol. The molecule has 1 aromatic rings. The van der Waals surface area contributed by atoms with Crippen molar-refractivity contribution in [3.63, 3.8) is 0 Å². The molecule has 4 heteroatoms. The quantitative estimate of drug-likeness (QED) is 0.875. The Morgan fingerprint density at radius 2 is 1.78 bits per heavy atom. The van der Waals surface area contributed by atoms with Gasteiger partial charge in [0.25, 0.3) is 5.91 Å². The highest BCUT2D eigenvalue weighted by Gasteiger charge is 2.31. The van der Waals surface area contributed by atoms with Gasteiger partial charge in [-0.25, -0.2) is 0 Å². The first-order valence-corrected chi connectivity index (χ1v) is 8.79. The molecule has 1 atom stereocenters. The van der Waals surface area contributed by atoms with Crippen LogP contribution in [0.25, 0.3) is 0 Å². The van der Waals surface area contributed by atoms with Gasteiger partial charge in [0.15, 0.2) is 0 Å². The molecule has 1 aliphatic carbocycles. The van der Waals surface area contributed by atoms with Crippen LogP contribution in [0.5, 0.6) is 0 Å². The minimum Gasteiger partial charge on any atom is -0.394 e. The molecular formula is C19H30N2O2. The van der Waals surface area contributed by atoms with E-state index in [1.807, 2.05) is 55.1 Å². The molecule has 0 heterocycles. The molecule has 128 valence electrons. The zero-order valence-corrected chi connectivity index (χ0v) is 14.7. The van der Waals surface area contributed by atoms with Crippen molar-refractivity contribution < 1.29 is 9.90 Å². The zero-order chi connectivity index (χ0) is 16.8. The van der Waals surface area contributed by atoms with Crippen molar-refractivity contribution in [3.05, 3.63) is 29.8 Å². The second kappa shape index (κ2) is 8.34. The predicted molar refractivity (Wildman–Crippen MR) is 95.0 cm³/mol. The highest BCUT2D eigenvalue weighted by molar-refractivity contribution is 5.95. The number of anilines is 1. The predicted octanol–water partition coefficient (Wildman–Crippen LogP) is 3.30. The van der Waals surface area contributed by atoms with Gasteiger partial charge < -0.3 is 14.9 Å². The minimum atomic E-state index is -0.0841. The second-order valence-corrected chi connectivity index (χ2v) is 6.69. The molecule has 1 saturated carbocycles. The van der Waals surface area contributed by atoms with Gasteiger partial charge in [-0.3, -0.25) is 4.79 Å². The van der Waals surface area contributed by atoms with Crippen molar-refractivity contribution in [2.45, 2.75) is 57.5 Å². The number of amides is 1. The van der Waals surface area contributed by atoms with E-state index in [0.717, 1.165) is 24.9 Å². The van der Waals surface area contributed by atoms with E-state index >= 15 is 0 Å². The molecule has 4 nitrogen and oxygen atoms in total. The Bertz CT molecular complexity index is 489. The van der Waals surface area contributed by atoms with Crippen molar-refractivity contribution in [2.24, 2.45) is 0 Å². The normalized spacial score (nSPS) is 16.9. The van der Waals surface area contributed by atoms with Crippen molar-refractivity contribution in [3.8, 4) is 0 Å². The third kappa shape index (κ3) is 4.25. The Hall–Kier alpha value is -1.55. The molecule has 0 saturated heterocycles. The van der Waals surface area contributed by atoms with Crippen LogP contribution < -0.4 is 4.90 Å². The molecule has 1 aliphatic rings. The third-order valence-corrected chi connectivity index (χ3v) is 4.91. The van der Waals surface area contributed by atoms with Gasteiger partial charge in [0.05, 0.1) is 12.6 Å². The van der Waals surface area contributed by atoms with Gasteiger partial charge >= 0.3 is 0 Å². The van der Waals surface area contributed by atoms with Gasteiger partial charge in [0.1, 0.15) is 0 Å². The first kappa shape index (κ1) is 17.8. The Labute approximate surface area is 140 Å². The lowest BCUT2D eigenvalue weighted by molar-refractivity contribution is 0.0387. The Kier molecular flexibility index (Phi) is 6.46. The minimum absolute atomic E-state index is 0.0362. The number of rotatable bonds is 6. The molecule has 0 spiro atoms. The summed E-state index contributed by atoms with van der Waals surface area (Å²) in [6.45, 7) is 2.08. The number of carbonyl (C=O) groups is 1. The lowest BCUT2D eigenvalue weighted by Gasteiger charge is -2.39. The van der Waals surface area contributed by atoms with Crippen LogP contribution >= 0.6 is 0 Å². The maximum atomic E-state index is 13.1. The first-order valence-electron chi connectivity index (χ1n) is 8.79. The zero-order valence-electron chi connectivity index (χ0n) is 14.7. The lowest BCUT2D eigenvalue weighted by Crippen LogP contribution is -2.49. The maximum absolute atomic E-state index is 13.1. The SMILES string of the molecule is CCC(CO)N(C(=O)c1ccc(N(C)C)cc1)C1CCCCC1. The summed E-state index contributed by atoms with van der Waals surface area (Å²) in [5.41, 5.74) is 1.80. The molecule has 0 radical (unpaired) electrons. The molecule has 1 aromatic carbocycles. The number of carbonyl (C=O) groups excluding carboxylic acids is 1. The Morgan fingerprint density at radius 1 is 1.17 bits per heavy atom. The molecule has 0 aliphatic heterocycles. The first-order chi connectivity index (χ1) is 11.1. The largest absolute Gasteiger partial charge is 0.394 e. The van der Waals surface area contributed by atoms with Gasteiger partial charge in [-0.05, 0) is 43.5 Å². The van der Waals surface area contributed by atoms with E-state index in [2.05, 4.69) is 0 Å². The van der Waals surface area contributed by atoms with E-state index in [-0.39, 0.29) is 24.6 Å². The monoisotopic (exact) mass is 318 g/mol. The average molecular weight is 318 g/mol. The van der Waals surface area contributed by atoms with Gasteiger partial charge in [-0.15, -0.1) is 0 Å². The van der Waals surface area contributed by atoms with Crippen LogP contribution in [-0.4, -0.2) is 48.7 Å². The van der Waals surface area contributed by atoms with E-state index in [4.69, 9.17) is 0 Å². The van der Waals surface area contributed by atoms with Gasteiger partial charge in [-0.1, -0.05) is 26.2 Å². The number of aliphatic hydroxyl groups excluding tert-OH is 1. The fourth-order valence-electron chi connectivity index (χ4n) is 3.45. The summed E-state index contributed by atoms with van der Waals surface area (Å²) in [7, 11) is 3.98. The molecule has 1 N–H and O–H groups in total. The highest BCUT2D eigenvalue weighted by Crippen LogP contribution is 2.27. The van der Waals surface area contributed by atoms with Crippen LogP contribution in [-0.2, 0) is 0 Å². The Morgan fingerprint density at radius 3 is 2.26 bits per heavy atom. The topological polar surface area (TPSA) is 43.8 Å². The van der Waals surface area contributed by atoms with Crippen LogP contribution in [0.2, 0.25) is 0 Å². The number of hydrogen-bond donors (Lipinski definition) is 1. The van der Waals surface area contributed by atoms with Gasteiger partial charge in [-0.2, -0.15) is 0 Å². The van der Waals surface area contributed by atoms with Crippen molar-refractivity contribution >= 4 is 11.6 Å². The summed E-state index contributed by atoms with van der Waals surface area (Å²) in [5, 5.41) is 9.74. The number of nitrogens with zero attached hydrogens (tertiary/aromatic N) is 2. The van der Waals surface area contributed by atoms with Crippen molar-refractivity contribution in [1.82, 2.24) is 4.90 Å². The fourth-order valence-corrected chi connectivity index (χ4v) is 3.45. The maximum Gasteiger partial charge on any atom is 0.254 e. The summed E-state index contributed by atoms with van der Waals surface area (Å²) >= 11 is 0. The molecule has 2 rings (SSSR count). The van der Waals surface area contributed by atoms with E-state index in [1.165, 1.54) is 19.3 Å². The van der Waals surface area contributed by atoms with Crippen LogP contribution in [0.15, 0.2) is 24.3 Å². The van der Waals surface area contributed by atoms with Crippen LogP contribution in [0, 0.1) is 0 Å². The summed E-state index contributed by atoms with van der Waals surface area (Å²) < 4.78 is 0. The van der Waals surface area contributed by atoms with Gasteiger partial charge in [0, 0.05) is 31.4 Å². The fraction of sp³-hybridized carbons (Fsp3) is 0.632. The summed E-state index contributed by atoms with van der Waals surface area (Å²) in [5.74, 6) is 0.0584. The molecule has 1 amide bonds. The van der Waals surface area contributed by atoms with E-state index in [1.54, 1.807) is 0 Å². The van der Waals surface area contributed by atoms with Gasteiger partial charge in [0.2, 0.25) is 0 Å². The van der Waals surface area contributed by atoms with Crippen LogP contribution in [0.1, 0.15) is 55.8 Å². The standard InChI is InChI=1S/C19H30N2O2/c1-4-16(14-22)21(18-8-6-5-7-9-18)19(23)15-10-12-17(13-11-15)20(2)3/h10-13,16,18,22H,4-9,14H2,1-3H3. The van der Waals surface area contributed by atoms with Crippen LogP contribution in [0.4, 0.5) is 5.69 Å². The van der Waals surface area contributed by atoms with E-state index < -0.39 is 0 Å². The lowest BCUT2D eigenvalue weighted by atomic mass is 9.92. The van der Waals surface area contributed by atoms with Crippen molar-refractivity contribution in [2.75, 3.05) is 25.6 Å². The number of hydrogen-bond acceptors (Lipinski definition) is 3. The molecule has 1 fully saturated rings. The highest BCUT2D eigenvalue weighted by atomic mass is 16.3. The summed E-state index contributed by atoms with van der Waals surface area (Å²) in [6.07, 6.45) is 6.50. The molecule has 23 heavy (non-hydrogen) atoms. The van der Waals surface area contributed by atoms with Crippen molar-refractivity contribution in [1.29, 1.82) is 0 Å². The molecule has 1 unspecified atom stereocenters. The molecule has 0 aromatic heterocycles. The second-order valence-electron chi connectivity index (χ2n) is 6.69. The number of aliphatic hydroxyl groups is 1. The summed E-state index contributed by atoms with van der Waals surface area (Å²) in [6, 6.07) is 7.94. The summed E-state index contributed by atoms with van der Waals surface area (Å²) in [4.78, 5) is 17.1. The third-order valence-electron chi connectivity index (χ3n) is 4.91. The number of benzene rings is 1. The smallest absolute Gasteiger partial charge is 0.254 e. The Balaban J connectivity index is 2.24. The van der Waals surface area contributed by atoms with E-state index in [0.29, 0.717) is 5.56 Å². The van der Waals surface area contributed by atoms with Crippen LogP contribution in [0.3, 0.4) is 0 Å².